The Morgan fingerprint density at radius 2 is 2.00 bits per heavy atom. The predicted molar refractivity (Wildman–Crippen MR) is 58.8 cm³/mol. The Kier molecular flexibility index (Phi) is 1.77. The number of nitrogen functional groups attached to an aromatic ring is 1. The molecule has 0 aliphatic carbocycles. The van der Waals surface area contributed by atoms with E-state index in [0.29, 0.717) is 5.69 Å². The van der Waals surface area contributed by atoms with Gasteiger partial charge in [0.15, 0.2) is 5.65 Å². The number of fused-ring (bicyclic) bond motifs is 1. The molecule has 2 aromatic rings. The van der Waals surface area contributed by atoms with Crippen LogP contribution in [0.15, 0.2) is 18.3 Å². The monoisotopic (exact) mass is 203 g/mol. The molecule has 0 radical (unpaired) electrons. The molecule has 5 nitrogen and oxygen atoms in total. The second-order valence-electron chi connectivity index (χ2n) is 3.87. The topological polar surface area (TPSA) is 59.5 Å². The molecular formula is C10H13N5. The van der Waals surface area contributed by atoms with Gasteiger partial charge in [-0.25, -0.2) is 4.52 Å². The summed E-state index contributed by atoms with van der Waals surface area (Å²) in [6, 6.07) is 3.74. The summed E-state index contributed by atoms with van der Waals surface area (Å²) in [5.74, 6) is 0.818. The van der Waals surface area contributed by atoms with E-state index in [1.165, 1.54) is 12.8 Å². The number of pyridine rings is 1. The molecule has 2 aromatic heterocycles. The first kappa shape index (κ1) is 8.52. The second-order valence-corrected chi connectivity index (χ2v) is 3.87. The van der Waals surface area contributed by atoms with E-state index in [9.17, 15) is 0 Å². The van der Waals surface area contributed by atoms with Gasteiger partial charge in [-0.05, 0) is 25.0 Å². The quantitative estimate of drug-likeness (QED) is 0.748. The van der Waals surface area contributed by atoms with E-state index in [1.54, 1.807) is 10.7 Å². The molecule has 0 amide bonds. The number of nitrogens with two attached hydrogens (primary N) is 1. The Bertz CT molecular complexity index is 484. The zero-order valence-electron chi connectivity index (χ0n) is 8.43. The average molecular weight is 203 g/mol. The molecule has 78 valence electrons. The Hall–Kier alpha value is -1.78. The molecule has 3 rings (SSSR count). The molecule has 0 atom stereocenters. The third-order valence-electron chi connectivity index (χ3n) is 2.73. The lowest BCUT2D eigenvalue weighted by Crippen LogP contribution is -2.19. The summed E-state index contributed by atoms with van der Waals surface area (Å²) in [7, 11) is 0. The van der Waals surface area contributed by atoms with Gasteiger partial charge < -0.3 is 10.6 Å². The van der Waals surface area contributed by atoms with E-state index in [1.807, 2.05) is 12.1 Å². The van der Waals surface area contributed by atoms with Gasteiger partial charge >= 0.3 is 0 Å². The summed E-state index contributed by atoms with van der Waals surface area (Å²) < 4.78 is 1.74. The van der Waals surface area contributed by atoms with Crippen molar-refractivity contribution in [3.05, 3.63) is 18.3 Å². The average Bonchev–Trinajstić information content (AvgIpc) is 2.84. The van der Waals surface area contributed by atoms with Crippen LogP contribution in [0, 0.1) is 0 Å². The SMILES string of the molecule is Nc1ccc2nc(N3CCCC3)nn2c1. The van der Waals surface area contributed by atoms with Crippen LogP contribution in [0.25, 0.3) is 5.65 Å². The summed E-state index contributed by atoms with van der Waals surface area (Å²) in [6.45, 7) is 2.12. The predicted octanol–water partition coefficient (Wildman–Crippen LogP) is 0.912. The lowest BCUT2D eigenvalue weighted by molar-refractivity contribution is 0.875. The van der Waals surface area contributed by atoms with Gasteiger partial charge in [0.25, 0.3) is 0 Å². The molecule has 1 aliphatic heterocycles. The summed E-state index contributed by atoms with van der Waals surface area (Å²) in [6.07, 6.45) is 4.26. The highest BCUT2D eigenvalue weighted by molar-refractivity contribution is 5.50. The van der Waals surface area contributed by atoms with Gasteiger partial charge in [0.2, 0.25) is 5.95 Å². The van der Waals surface area contributed by atoms with Crippen molar-refractivity contribution in [1.29, 1.82) is 0 Å². The molecule has 3 heterocycles. The minimum atomic E-state index is 0.709. The maximum atomic E-state index is 5.68. The normalized spacial score (nSPS) is 16.4. The maximum Gasteiger partial charge on any atom is 0.245 e. The molecular weight excluding hydrogens is 190 g/mol. The van der Waals surface area contributed by atoms with E-state index in [2.05, 4.69) is 15.0 Å². The molecule has 0 spiro atoms. The molecule has 1 fully saturated rings. The largest absolute Gasteiger partial charge is 0.397 e. The Morgan fingerprint density at radius 3 is 2.80 bits per heavy atom. The fraction of sp³-hybridized carbons (Fsp3) is 0.400. The van der Waals surface area contributed by atoms with E-state index in [4.69, 9.17) is 5.73 Å². The molecule has 0 saturated carbocycles. The molecule has 5 heteroatoms. The number of hydrogen-bond acceptors (Lipinski definition) is 4. The van der Waals surface area contributed by atoms with Crippen LogP contribution in [-0.4, -0.2) is 27.7 Å². The molecule has 0 unspecified atom stereocenters. The first-order valence-electron chi connectivity index (χ1n) is 5.20. The standard InChI is InChI=1S/C10H13N5/c11-8-3-4-9-12-10(13-15(9)7-8)14-5-1-2-6-14/h3-4,7H,1-2,5-6,11H2. The second kappa shape index (κ2) is 3.12. The fourth-order valence-corrected chi connectivity index (χ4v) is 1.94. The summed E-state index contributed by atoms with van der Waals surface area (Å²) in [5.41, 5.74) is 7.25. The number of anilines is 2. The Balaban J connectivity index is 2.05. The van der Waals surface area contributed by atoms with Crippen LogP contribution in [0.3, 0.4) is 0 Å². The van der Waals surface area contributed by atoms with Gasteiger partial charge in [0.05, 0.1) is 11.9 Å². The molecule has 1 saturated heterocycles. The van der Waals surface area contributed by atoms with Crippen LogP contribution in [0.1, 0.15) is 12.8 Å². The Labute approximate surface area is 87.5 Å². The van der Waals surface area contributed by atoms with E-state index in [0.717, 1.165) is 24.7 Å². The van der Waals surface area contributed by atoms with Gasteiger partial charge in [-0.1, -0.05) is 0 Å². The van der Waals surface area contributed by atoms with Crippen LogP contribution in [-0.2, 0) is 0 Å². The van der Waals surface area contributed by atoms with Gasteiger partial charge in [-0.15, -0.1) is 5.10 Å². The molecule has 0 bridgehead atoms. The van der Waals surface area contributed by atoms with Crippen molar-refractivity contribution in [1.82, 2.24) is 14.6 Å². The van der Waals surface area contributed by atoms with Crippen LogP contribution in [0.4, 0.5) is 11.6 Å². The number of hydrogen-bond donors (Lipinski definition) is 1. The smallest absolute Gasteiger partial charge is 0.245 e. The number of rotatable bonds is 1. The zero-order chi connectivity index (χ0) is 10.3. The molecule has 0 aromatic carbocycles. The van der Waals surface area contributed by atoms with Crippen molar-refractivity contribution in [2.75, 3.05) is 23.7 Å². The van der Waals surface area contributed by atoms with Crippen molar-refractivity contribution in [2.24, 2.45) is 0 Å². The van der Waals surface area contributed by atoms with Gasteiger partial charge in [-0.2, -0.15) is 4.98 Å². The third-order valence-corrected chi connectivity index (χ3v) is 2.73. The van der Waals surface area contributed by atoms with Crippen LogP contribution >= 0.6 is 0 Å². The van der Waals surface area contributed by atoms with Crippen LogP contribution < -0.4 is 10.6 Å². The number of nitrogens with zero attached hydrogens (tertiary/aromatic N) is 4. The first-order valence-corrected chi connectivity index (χ1v) is 5.20. The lowest BCUT2D eigenvalue weighted by Gasteiger charge is -2.10. The summed E-state index contributed by atoms with van der Waals surface area (Å²) >= 11 is 0. The maximum absolute atomic E-state index is 5.68. The van der Waals surface area contributed by atoms with Crippen molar-refractivity contribution in [3.8, 4) is 0 Å². The Morgan fingerprint density at radius 1 is 1.20 bits per heavy atom. The van der Waals surface area contributed by atoms with E-state index < -0.39 is 0 Å². The van der Waals surface area contributed by atoms with Crippen molar-refractivity contribution in [3.63, 3.8) is 0 Å². The van der Waals surface area contributed by atoms with E-state index >= 15 is 0 Å². The van der Waals surface area contributed by atoms with Crippen molar-refractivity contribution in [2.45, 2.75) is 12.8 Å². The molecule has 1 aliphatic rings. The van der Waals surface area contributed by atoms with Gasteiger partial charge in [0.1, 0.15) is 0 Å². The summed E-state index contributed by atoms with van der Waals surface area (Å²) in [5, 5.41) is 4.41. The third kappa shape index (κ3) is 1.40. The van der Waals surface area contributed by atoms with Crippen molar-refractivity contribution < 1.29 is 0 Å². The minimum Gasteiger partial charge on any atom is -0.397 e. The zero-order valence-corrected chi connectivity index (χ0v) is 8.43. The highest BCUT2D eigenvalue weighted by atomic mass is 15.4. The lowest BCUT2D eigenvalue weighted by atomic mass is 10.4. The van der Waals surface area contributed by atoms with E-state index in [-0.39, 0.29) is 0 Å². The van der Waals surface area contributed by atoms with Crippen LogP contribution in [0.5, 0.6) is 0 Å². The minimum absolute atomic E-state index is 0.709. The highest BCUT2D eigenvalue weighted by Crippen LogP contribution is 2.17. The number of aromatic nitrogens is 3. The van der Waals surface area contributed by atoms with Gasteiger partial charge in [0, 0.05) is 13.1 Å². The first-order chi connectivity index (χ1) is 7.33. The fourth-order valence-electron chi connectivity index (χ4n) is 1.94. The van der Waals surface area contributed by atoms with Crippen LogP contribution in [0.2, 0.25) is 0 Å². The molecule has 2 N–H and O–H groups in total. The van der Waals surface area contributed by atoms with Gasteiger partial charge in [-0.3, -0.25) is 0 Å². The summed E-state index contributed by atoms with van der Waals surface area (Å²) in [4.78, 5) is 6.67. The highest BCUT2D eigenvalue weighted by Gasteiger charge is 2.16. The van der Waals surface area contributed by atoms with Crippen molar-refractivity contribution >= 4 is 17.3 Å². The molecule has 15 heavy (non-hydrogen) atoms.